The van der Waals surface area contributed by atoms with Crippen molar-refractivity contribution in [2.75, 3.05) is 11.9 Å². The fourth-order valence-corrected chi connectivity index (χ4v) is 2.63. The van der Waals surface area contributed by atoms with E-state index in [-0.39, 0.29) is 0 Å². The molecule has 3 heteroatoms. The summed E-state index contributed by atoms with van der Waals surface area (Å²) in [7, 11) is 2.07. The highest BCUT2D eigenvalue weighted by atomic mass is 15.1. The molecule has 0 fully saturated rings. The smallest absolute Gasteiger partial charge is 0.101 e. The molecule has 0 radical (unpaired) electrons. The van der Waals surface area contributed by atoms with Gasteiger partial charge in [0.1, 0.15) is 6.07 Å². The molecule has 0 saturated heterocycles. The van der Waals surface area contributed by atoms with Gasteiger partial charge in [-0.25, -0.2) is 0 Å². The molecule has 2 aromatic heterocycles. The number of fused-ring (bicyclic) bond motifs is 1. The molecule has 0 unspecified atom stereocenters. The molecule has 0 bridgehead atoms. The van der Waals surface area contributed by atoms with Crippen LogP contribution < -0.4 is 4.90 Å². The van der Waals surface area contributed by atoms with Gasteiger partial charge >= 0.3 is 0 Å². The average Bonchev–Trinajstić information content (AvgIpc) is 2.85. The molecule has 0 amide bonds. The minimum atomic E-state index is 0.725. The first-order chi connectivity index (χ1) is 10.2. The standard InChI is InChI=1S/C18H17N3/c1-14-6-5-7-16(10-14)20(2)13-17-11-15(12-19)18-8-3-4-9-21(17)18/h3-11H,13H2,1-2H3. The molecular formula is C18H17N3. The van der Waals surface area contributed by atoms with Gasteiger partial charge in [-0.3, -0.25) is 0 Å². The second-order valence-corrected chi connectivity index (χ2v) is 5.31. The van der Waals surface area contributed by atoms with Gasteiger partial charge in [0, 0.05) is 24.6 Å². The number of pyridine rings is 1. The number of rotatable bonds is 3. The van der Waals surface area contributed by atoms with Crippen LogP contribution >= 0.6 is 0 Å². The zero-order chi connectivity index (χ0) is 14.8. The van der Waals surface area contributed by atoms with Crippen molar-refractivity contribution in [1.82, 2.24) is 4.40 Å². The summed E-state index contributed by atoms with van der Waals surface area (Å²) in [5, 5.41) is 9.26. The highest BCUT2D eigenvalue weighted by Gasteiger charge is 2.10. The number of hydrogen-bond donors (Lipinski definition) is 0. The Hall–Kier alpha value is -2.73. The quantitative estimate of drug-likeness (QED) is 0.729. The van der Waals surface area contributed by atoms with Gasteiger partial charge in [-0.2, -0.15) is 5.26 Å². The van der Waals surface area contributed by atoms with Crippen LogP contribution in [0.5, 0.6) is 0 Å². The van der Waals surface area contributed by atoms with Gasteiger partial charge in [-0.05, 0) is 42.8 Å². The lowest BCUT2D eigenvalue weighted by atomic mass is 10.2. The van der Waals surface area contributed by atoms with Crippen molar-refractivity contribution < 1.29 is 0 Å². The maximum Gasteiger partial charge on any atom is 0.101 e. The van der Waals surface area contributed by atoms with E-state index >= 15 is 0 Å². The molecular weight excluding hydrogens is 258 g/mol. The number of nitriles is 1. The SMILES string of the molecule is Cc1cccc(N(C)Cc2cc(C#N)c3ccccn23)c1. The first-order valence-electron chi connectivity index (χ1n) is 6.96. The van der Waals surface area contributed by atoms with E-state index in [2.05, 4.69) is 53.6 Å². The maximum atomic E-state index is 9.26. The van der Waals surface area contributed by atoms with Crippen LogP contribution in [0, 0.1) is 18.3 Å². The molecule has 2 heterocycles. The van der Waals surface area contributed by atoms with Gasteiger partial charge in [0.05, 0.1) is 17.6 Å². The van der Waals surface area contributed by atoms with Crippen molar-refractivity contribution in [1.29, 1.82) is 5.26 Å². The van der Waals surface area contributed by atoms with Crippen LogP contribution in [0.3, 0.4) is 0 Å². The first-order valence-corrected chi connectivity index (χ1v) is 6.96. The van der Waals surface area contributed by atoms with Crippen LogP contribution in [0.4, 0.5) is 5.69 Å². The minimum absolute atomic E-state index is 0.725. The van der Waals surface area contributed by atoms with Crippen molar-refractivity contribution in [2.45, 2.75) is 13.5 Å². The number of aryl methyl sites for hydroxylation is 1. The molecule has 0 N–H and O–H groups in total. The van der Waals surface area contributed by atoms with Crippen molar-refractivity contribution >= 4 is 11.2 Å². The second kappa shape index (κ2) is 5.34. The predicted octanol–water partition coefficient (Wildman–Crippen LogP) is 3.76. The number of aromatic nitrogens is 1. The number of nitrogens with zero attached hydrogens (tertiary/aromatic N) is 3. The van der Waals surface area contributed by atoms with E-state index in [1.807, 2.05) is 30.5 Å². The monoisotopic (exact) mass is 275 g/mol. The van der Waals surface area contributed by atoms with Crippen LogP contribution in [-0.2, 0) is 6.54 Å². The summed E-state index contributed by atoms with van der Waals surface area (Å²) in [4.78, 5) is 2.20. The Kier molecular flexibility index (Phi) is 3.37. The van der Waals surface area contributed by atoms with Crippen molar-refractivity contribution in [3.05, 3.63) is 71.5 Å². The molecule has 0 spiro atoms. The molecule has 0 saturated carbocycles. The highest BCUT2D eigenvalue weighted by Crippen LogP contribution is 2.21. The van der Waals surface area contributed by atoms with E-state index < -0.39 is 0 Å². The van der Waals surface area contributed by atoms with Crippen LogP contribution in [-0.4, -0.2) is 11.4 Å². The van der Waals surface area contributed by atoms with Gasteiger partial charge in [-0.1, -0.05) is 18.2 Å². The number of anilines is 1. The summed E-state index contributed by atoms with van der Waals surface area (Å²) in [5.74, 6) is 0. The van der Waals surface area contributed by atoms with Crippen LogP contribution in [0.15, 0.2) is 54.7 Å². The molecule has 0 atom stereocenters. The summed E-state index contributed by atoms with van der Waals surface area (Å²) in [6.07, 6.45) is 2.01. The van der Waals surface area contributed by atoms with Crippen LogP contribution in [0.2, 0.25) is 0 Å². The van der Waals surface area contributed by atoms with E-state index in [9.17, 15) is 5.26 Å². The Morgan fingerprint density at radius 2 is 2.00 bits per heavy atom. The zero-order valence-corrected chi connectivity index (χ0v) is 12.2. The second-order valence-electron chi connectivity index (χ2n) is 5.31. The zero-order valence-electron chi connectivity index (χ0n) is 12.2. The van der Waals surface area contributed by atoms with E-state index in [1.165, 1.54) is 11.3 Å². The normalized spacial score (nSPS) is 10.5. The Bertz CT molecular complexity index is 824. The molecule has 3 rings (SSSR count). The lowest BCUT2D eigenvalue weighted by Gasteiger charge is -2.19. The lowest BCUT2D eigenvalue weighted by molar-refractivity contribution is 0.870. The third kappa shape index (κ3) is 2.48. The van der Waals surface area contributed by atoms with E-state index in [0.717, 1.165) is 23.3 Å². The average molecular weight is 275 g/mol. The molecule has 104 valence electrons. The Balaban J connectivity index is 1.97. The minimum Gasteiger partial charge on any atom is -0.369 e. The summed E-state index contributed by atoms with van der Waals surface area (Å²) in [6, 6.07) is 18.6. The summed E-state index contributed by atoms with van der Waals surface area (Å²) < 4.78 is 2.09. The third-order valence-electron chi connectivity index (χ3n) is 3.72. The third-order valence-corrected chi connectivity index (χ3v) is 3.72. The summed E-state index contributed by atoms with van der Waals surface area (Å²) in [5.41, 5.74) is 5.23. The largest absolute Gasteiger partial charge is 0.369 e. The number of benzene rings is 1. The van der Waals surface area contributed by atoms with Gasteiger partial charge in [0.25, 0.3) is 0 Å². The molecule has 1 aromatic carbocycles. The maximum absolute atomic E-state index is 9.26. The van der Waals surface area contributed by atoms with Gasteiger partial charge < -0.3 is 9.30 Å². The van der Waals surface area contributed by atoms with E-state index in [0.29, 0.717) is 0 Å². The fraction of sp³-hybridized carbons (Fsp3) is 0.167. The summed E-state index contributed by atoms with van der Waals surface area (Å²) >= 11 is 0. The highest BCUT2D eigenvalue weighted by molar-refractivity contribution is 5.63. The Morgan fingerprint density at radius 3 is 2.76 bits per heavy atom. The van der Waals surface area contributed by atoms with Crippen molar-refractivity contribution in [2.24, 2.45) is 0 Å². The van der Waals surface area contributed by atoms with E-state index in [1.54, 1.807) is 0 Å². The summed E-state index contributed by atoms with van der Waals surface area (Å²) in [6.45, 7) is 2.86. The van der Waals surface area contributed by atoms with Crippen LogP contribution in [0.25, 0.3) is 5.52 Å². The predicted molar refractivity (Wildman–Crippen MR) is 85.4 cm³/mol. The van der Waals surface area contributed by atoms with Crippen LogP contribution in [0.1, 0.15) is 16.8 Å². The molecule has 3 nitrogen and oxygen atoms in total. The number of hydrogen-bond acceptors (Lipinski definition) is 2. The van der Waals surface area contributed by atoms with Crippen molar-refractivity contribution in [3.63, 3.8) is 0 Å². The first kappa shape index (κ1) is 13.3. The fourth-order valence-electron chi connectivity index (χ4n) is 2.63. The lowest BCUT2D eigenvalue weighted by Crippen LogP contribution is -2.17. The van der Waals surface area contributed by atoms with Gasteiger partial charge in [0.2, 0.25) is 0 Å². The Morgan fingerprint density at radius 1 is 1.14 bits per heavy atom. The molecule has 0 aliphatic heterocycles. The topological polar surface area (TPSA) is 31.4 Å². The van der Waals surface area contributed by atoms with E-state index in [4.69, 9.17) is 0 Å². The van der Waals surface area contributed by atoms with Gasteiger partial charge in [0.15, 0.2) is 0 Å². The molecule has 0 aliphatic carbocycles. The Labute approximate surface area is 124 Å². The van der Waals surface area contributed by atoms with Crippen molar-refractivity contribution in [3.8, 4) is 6.07 Å². The molecule has 0 aliphatic rings. The molecule has 21 heavy (non-hydrogen) atoms. The molecule has 3 aromatic rings. The van der Waals surface area contributed by atoms with Gasteiger partial charge in [-0.15, -0.1) is 0 Å².